The molecule has 0 N–H and O–H groups in total. The molecule has 4 rings (SSSR count). The smallest absolute Gasteiger partial charge is 0.338 e. The molecule has 3 aromatic rings. The lowest BCUT2D eigenvalue weighted by Gasteiger charge is -2.25. The van der Waals surface area contributed by atoms with Crippen LogP contribution in [-0.2, 0) is 9.53 Å². The molecule has 0 bridgehead atoms. The van der Waals surface area contributed by atoms with Crippen LogP contribution in [0.2, 0.25) is 0 Å². The average Bonchev–Trinajstić information content (AvgIpc) is 3.14. The molecule has 0 saturated heterocycles. The van der Waals surface area contributed by atoms with Gasteiger partial charge < -0.3 is 9.47 Å². The number of ether oxygens (including phenoxy) is 2. The first-order valence-electron chi connectivity index (χ1n) is 10.5. The first-order chi connectivity index (χ1) is 15.6. The number of nitrogens with zero attached hydrogens (tertiary/aromatic N) is 2. The van der Waals surface area contributed by atoms with Gasteiger partial charge in [-0.1, -0.05) is 60.7 Å². The standard InChI is InChI=1S/C25H24N2O4S/c1-4-19-21(24(29)30-3)22(17-9-7-6-8-10-17)27-23(28)20(32-25(27)26-19)15-16-11-13-18(14-12-16)31-5-2/h6-15,22H,4-5H2,1-3H3/b20-15-/t22-/m0/s1. The van der Waals surface area contributed by atoms with Gasteiger partial charge in [0.25, 0.3) is 5.56 Å². The molecule has 0 aliphatic carbocycles. The topological polar surface area (TPSA) is 69.9 Å². The number of esters is 1. The number of carbonyl (C=O) groups excluding carboxylic acids is 1. The fourth-order valence-electron chi connectivity index (χ4n) is 3.79. The van der Waals surface area contributed by atoms with Gasteiger partial charge in [-0.3, -0.25) is 9.36 Å². The average molecular weight is 449 g/mol. The number of thiazole rings is 1. The van der Waals surface area contributed by atoms with E-state index in [2.05, 4.69) is 4.99 Å². The molecule has 7 heteroatoms. The fraction of sp³-hybridized carbons (Fsp3) is 0.240. The lowest BCUT2D eigenvalue weighted by Crippen LogP contribution is -2.40. The van der Waals surface area contributed by atoms with Crippen molar-refractivity contribution in [2.24, 2.45) is 4.99 Å². The third kappa shape index (κ3) is 4.03. The minimum absolute atomic E-state index is 0.187. The van der Waals surface area contributed by atoms with Gasteiger partial charge in [0.2, 0.25) is 0 Å². The van der Waals surface area contributed by atoms with E-state index in [1.165, 1.54) is 18.4 Å². The van der Waals surface area contributed by atoms with Gasteiger partial charge in [0, 0.05) is 0 Å². The van der Waals surface area contributed by atoms with E-state index in [1.54, 1.807) is 4.57 Å². The first kappa shape index (κ1) is 21.8. The van der Waals surface area contributed by atoms with E-state index in [1.807, 2.05) is 74.5 Å². The molecule has 1 aliphatic heterocycles. The molecule has 1 aromatic heterocycles. The number of carbonyl (C=O) groups is 1. The molecule has 164 valence electrons. The summed E-state index contributed by atoms with van der Waals surface area (Å²) in [5, 5.41) is 0. The zero-order chi connectivity index (χ0) is 22.7. The molecular formula is C25H24N2O4S. The molecule has 2 aromatic carbocycles. The second kappa shape index (κ2) is 9.36. The van der Waals surface area contributed by atoms with Crippen LogP contribution in [0.5, 0.6) is 5.75 Å². The van der Waals surface area contributed by atoms with Crippen molar-refractivity contribution in [2.75, 3.05) is 13.7 Å². The largest absolute Gasteiger partial charge is 0.494 e. The number of rotatable bonds is 6. The van der Waals surface area contributed by atoms with Crippen molar-refractivity contribution < 1.29 is 14.3 Å². The monoisotopic (exact) mass is 448 g/mol. The Hall–Kier alpha value is -3.45. The highest BCUT2D eigenvalue weighted by Gasteiger charge is 2.33. The summed E-state index contributed by atoms with van der Waals surface area (Å²) in [6.07, 6.45) is 2.40. The van der Waals surface area contributed by atoms with E-state index in [0.29, 0.717) is 33.6 Å². The summed E-state index contributed by atoms with van der Waals surface area (Å²) in [7, 11) is 1.35. The predicted molar refractivity (Wildman–Crippen MR) is 124 cm³/mol. The Bertz CT molecular complexity index is 1340. The van der Waals surface area contributed by atoms with Gasteiger partial charge >= 0.3 is 5.97 Å². The van der Waals surface area contributed by atoms with Crippen molar-refractivity contribution in [1.29, 1.82) is 0 Å². The Morgan fingerprint density at radius 3 is 2.47 bits per heavy atom. The maximum atomic E-state index is 13.5. The minimum Gasteiger partial charge on any atom is -0.494 e. The highest BCUT2D eigenvalue weighted by Crippen LogP contribution is 2.31. The van der Waals surface area contributed by atoms with E-state index in [4.69, 9.17) is 9.47 Å². The molecule has 32 heavy (non-hydrogen) atoms. The highest BCUT2D eigenvalue weighted by molar-refractivity contribution is 7.07. The Kier molecular flexibility index (Phi) is 6.37. The maximum absolute atomic E-state index is 13.5. The molecule has 1 atom stereocenters. The van der Waals surface area contributed by atoms with Crippen molar-refractivity contribution in [3.05, 3.63) is 96.7 Å². The van der Waals surface area contributed by atoms with Crippen LogP contribution in [0.25, 0.3) is 6.08 Å². The van der Waals surface area contributed by atoms with Crippen LogP contribution in [0.3, 0.4) is 0 Å². The molecule has 0 radical (unpaired) electrons. The molecule has 0 unspecified atom stereocenters. The van der Waals surface area contributed by atoms with Crippen LogP contribution >= 0.6 is 11.3 Å². The lowest BCUT2D eigenvalue weighted by atomic mass is 9.95. The molecule has 0 spiro atoms. The van der Waals surface area contributed by atoms with Gasteiger partial charge in [0.15, 0.2) is 4.80 Å². The lowest BCUT2D eigenvalue weighted by molar-refractivity contribution is -0.136. The van der Waals surface area contributed by atoms with Gasteiger partial charge in [-0.25, -0.2) is 9.79 Å². The summed E-state index contributed by atoms with van der Waals surface area (Å²) >= 11 is 1.32. The van der Waals surface area contributed by atoms with Crippen LogP contribution in [-0.4, -0.2) is 24.3 Å². The quantitative estimate of drug-likeness (QED) is 0.543. The number of allylic oxidation sites excluding steroid dienone is 1. The van der Waals surface area contributed by atoms with E-state index < -0.39 is 12.0 Å². The third-order valence-corrected chi connectivity index (χ3v) is 6.24. The van der Waals surface area contributed by atoms with Crippen molar-refractivity contribution in [2.45, 2.75) is 26.3 Å². The van der Waals surface area contributed by atoms with Gasteiger partial charge in [-0.2, -0.15) is 0 Å². The molecule has 0 amide bonds. The second-order valence-electron chi connectivity index (χ2n) is 7.20. The van der Waals surface area contributed by atoms with Crippen LogP contribution in [0.4, 0.5) is 0 Å². The van der Waals surface area contributed by atoms with Crippen molar-refractivity contribution >= 4 is 23.4 Å². The van der Waals surface area contributed by atoms with Crippen molar-refractivity contribution in [1.82, 2.24) is 4.57 Å². The summed E-state index contributed by atoms with van der Waals surface area (Å²) in [5.41, 5.74) is 2.58. The molecule has 0 fully saturated rings. The maximum Gasteiger partial charge on any atom is 0.338 e. The number of aromatic nitrogens is 1. The van der Waals surface area contributed by atoms with Gasteiger partial charge in [-0.15, -0.1) is 0 Å². The SMILES string of the molecule is CCOc1ccc(/C=c2\sc3n(c2=O)[C@@H](c2ccccc2)C(C(=O)OC)=C(CC)N=3)cc1. The Labute approximate surface area is 189 Å². The molecule has 6 nitrogen and oxygen atoms in total. The van der Waals surface area contributed by atoms with Gasteiger partial charge in [-0.05, 0) is 42.7 Å². The minimum atomic E-state index is -0.586. The normalized spacial score (nSPS) is 15.8. The van der Waals surface area contributed by atoms with Crippen LogP contribution < -0.4 is 19.6 Å². The molecule has 2 heterocycles. The van der Waals surface area contributed by atoms with Gasteiger partial charge in [0.1, 0.15) is 5.75 Å². The van der Waals surface area contributed by atoms with E-state index in [9.17, 15) is 9.59 Å². The summed E-state index contributed by atoms with van der Waals surface area (Å²) in [5.74, 6) is 0.311. The Morgan fingerprint density at radius 2 is 1.84 bits per heavy atom. The van der Waals surface area contributed by atoms with Crippen LogP contribution in [0.15, 0.2) is 75.7 Å². The van der Waals surface area contributed by atoms with E-state index in [-0.39, 0.29) is 5.56 Å². The summed E-state index contributed by atoms with van der Waals surface area (Å²) < 4.78 is 12.7. The van der Waals surface area contributed by atoms with E-state index in [0.717, 1.165) is 16.9 Å². The zero-order valence-corrected chi connectivity index (χ0v) is 19.0. The Morgan fingerprint density at radius 1 is 1.12 bits per heavy atom. The highest BCUT2D eigenvalue weighted by atomic mass is 32.1. The van der Waals surface area contributed by atoms with Gasteiger partial charge in [0.05, 0.1) is 35.6 Å². The summed E-state index contributed by atoms with van der Waals surface area (Å²) in [6.45, 7) is 4.48. The summed E-state index contributed by atoms with van der Waals surface area (Å²) in [4.78, 5) is 31.5. The zero-order valence-electron chi connectivity index (χ0n) is 18.2. The number of hydrogen-bond donors (Lipinski definition) is 0. The fourth-order valence-corrected chi connectivity index (χ4v) is 4.81. The van der Waals surface area contributed by atoms with Crippen LogP contribution in [0, 0.1) is 0 Å². The first-order valence-corrected chi connectivity index (χ1v) is 11.3. The number of fused-ring (bicyclic) bond motifs is 1. The number of methoxy groups -OCH3 is 1. The van der Waals surface area contributed by atoms with Crippen LogP contribution in [0.1, 0.15) is 37.4 Å². The second-order valence-corrected chi connectivity index (χ2v) is 8.21. The van der Waals surface area contributed by atoms with Crippen molar-refractivity contribution in [3.63, 3.8) is 0 Å². The molecular weight excluding hydrogens is 424 g/mol. The summed E-state index contributed by atoms with van der Waals surface area (Å²) in [6, 6.07) is 16.5. The number of hydrogen-bond acceptors (Lipinski definition) is 6. The molecule has 0 saturated carbocycles. The Balaban J connectivity index is 1.91. The third-order valence-electron chi connectivity index (χ3n) is 5.25. The predicted octanol–water partition coefficient (Wildman–Crippen LogP) is 3.20. The van der Waals surface area contributed by atoms with E-state index >= 15 is 0 Å². The number of benzene rings is 2. The van der Waals surface area contributed by atoms with Crippen molar-refractivity contribution in [3.8, 4) is 5.75 Å². The molecule has 1 aliphatic rings.